The van der Waals surface area contributed by atoms with Crippen LogP contribution in [0.3, 0.4) is 0 Å². The fourth-order valence-electron chi connectivity index (χ4n) is 7.83. The van der Waals surface area contributed by atoms with Crippen LogP contribution in [0, 0.1) is 0 Å². The monoisotopic (exact) mass is 733 g/mol. The van der Waals surface area contributed by atoms with Crippen LogP contribution >= 0.6 is 11.3 Å². The second kappa shape index (κ2) is 13.3. The summed E-state index contributed by atoms with van der Waals surface area (Å²) in [6, 6.07) is 65.6. The van der Waals surface area contributed by atoms with E-state index in [1.54, 1.807) is 0 Å². The SMILES string of the molecule is c1ccc(-c2cc(-c3ccccc3)cc(-c3nc(-c4ccccc4)nc(-c4ccc(-c5ccc6c(c5)sc5ccccc56)c5oc6ccccc6c45)n3)c2)cc1. The second-order valence-corrected chi connectivity index (χ2v) is 15.1. The van der Waals surface area contributed by atoms with Crippen LogP contribution in [0.25, 0.3) is 110 Å². The summed E-state index contributed by atoms with van der Waals surface area (Å²) in [5, 5.41) is 4.55. The van der Waals surface area contributed by atoms with E-state index < -0.39 is 0 Å². The average molecular weight is 734 g/mol. The maximum atomic E-state index is 6.76. The van der Waals surface area contributed by atoms with Gasteiger partial charge >= 0.3 is 0 Å². The third-order valence-corrected chi connectivity index (χ3v) is 11.7. The Balaban J connectivity index is 1.15. The van der Waals surface area contributed by atoms with Gasteiger partial charge in [-0.2, -0.15) is 0 Å². The molecule has 11 aromatic rings. The number of para-hydroxylation sites is 1. The van der Waals surface area contributed by atoms with Gasteiger partial charge in [-0.3, -0.25) is 0 Å². The van der Waals surface area contributed by atoms with Crippen LogP contribution in [0.2, 0.25) is 0 Å². The van der Waals surface area contributed by atoms with Crippen molar-refractivity contribution in [3.05, 3.63) is 188 Å². The summed E-state index contributed by atoms with van der Waals surface area (Å²) in [4.78, 5) is 15.7. The topological polar surface area (TPSA) is 51.8 Å². The summed E-state index contributed by atoms with van der Waals surface area (Å²) in [7, 11) is 0. The number of nitrogens with zero attached hydrogens (tertiary/aromatic N) is 3. The Labute approximate surface area is 327 Å². The van der Waals surface area contributed by atoms with E-state index in [0.29, 0.717) is 17.5 Å². The van der Waals surface area contributed by atoms with Gasteiger partial charge in [-0.15, -0.1) is 11.3 Å². The smallest absolute Gasteiger partial charge is 0.164 e. The summed E-state index contributed by atoms with van der Waals surface area (Å²) in [5.74, 6) is 1.80. The van der Waals surface area contributed by atoms with Crippen LogP contribution in [-0.2, 0) is 0 Å². The predicted octanol–water partition coefficient (Wildman–Crippen LogP) is 14.1. The van der Waals surface area contributed by atoms with Crippen molar-refractivity contribution in [3.63, 3.8) is 0 Å². The van der Waals surface area contributed by atoms with E-state index in [2.05, 4.69) is 146 Å². The summed E-state index contributed by atoms with van der Waals surface area (Å²) >= 11 is 1.82. The van der Waals surface area contributed by atoms with E-state index >= 15 is 0 Å². The van der Waals surface area contributed by atoms with Crippen molar-refractivity contribution in [2.24, 2.45) is 0 Å². The Morgan fingerprint density at radius 2 is 0.875 bits per heavy atom. The van der Waals surface area contributed by atoms with Crippen molar-refractivity contribution in [3.8, 4) is 67.5 Å². The molecule has 8 aromatic carbocycles. The highest BCUT2D eigenvalue weighted by Crippen LogP contribution is 2.44. The lowest BCUT2D eigenvalue weighted by Gasteiger charge is -2.13. The Morgan fingerprint density at radius 3 is 1.59 bits per heavy atom. The number of hydrogen-bond acceptors (Lipinski definition) is 5. The first-order valence-electron chi connectivity index (χ1n) is 18.7. The first-order valence-corrected chi connectivity index (χ1v) is 19.5. The van der Waals surface area contributed by atoms with Gasteiger partial charge in [0.15, 0.2) is 17.5 Å². The van der Waals surface area contributed by atoms with E-state index in [-0.39, 0.29) is 0 Å². The molecule has 0 aliphatic heterocycles. The van der Waals surface area contributed by atoms with Gasteiger partial charge in [0.1, 0.15) is 11.2 Å². The molecule has 0 unspecified atom stereocenters. The molecule has 0 saturated heterocycles. The molecule has 0 aliphatic rings. The molecule has 4 nitrogen and oxygen atoms in total. The van der Waals surface area contributed by atoms with Crippen molar-refractivity contribution < 1.29 is 4.42 Å². The van der Waals surface area contributed by atoms with Crippen LogP contribution < -0.4 is 0 Å². The molecular weight excluding hydrogens is 703 g/mol. The van der Waals surface area contributed by atoms with Gasteiger partial charge < -0.3 is 4.42 Å². The quantitative estimate of drug-likeness (QED) is 0.171. The van der Waals surface area contributed by atoms with E-state index in [0.717, 1.165) is 72.0 Å². The molecule has 11 rings (SSSR count). The summed E-state index contributed by atoms with van der Waals surface area (Å²) in [6.45, 7) is 0. The van der Waals surface area contributed by atoms with Gasteiger partial charge in [-0.25, -0.2) is 15.0 Å². The molecule has 0 amide bonds. The maximum Gasteiger partial charge on any atom is 0.164 e. The maximum absolute atomic E-state index is 6.76. The highest BCUT2D eigenvalue weighted by Gasteiger charge is 2.21. The molecule has 0 bridgehead atoms. The first-order chi connectivity index (χ1) is 27.7. The third-order valence-electron chi connectivity index (χ3n) is 10.5. The highest BCUT2D eigenvalue weighted by atomic mass is 32.1. The van der Waals surface area contributed by atoms with Gasteiger partial charge in [-0.05, 0) is 76.3 Å². The lowest BCUT2D eigenvalue weighted by molar-refractivity contribution is 0.670. The minimum atomic E-state index is 0.586. The minimum absolute atomic E-state index is 0.586. The fraction of sp³-hybridized carbons (Fsp3) is 0. The highest BCUT2D eigenvalue weighted by molar-refractivity contribution is 7.25. The standard InChI is InChI=1S/C51H31N3OS/c1-4-14-32(15-5-1)36-28-37(33-16-6-2-7-17-33)30-38(29-36)50-52-49(34-18-8-3-9-19-34)53-51(54-50)43-27-26-39(48-47(43)42-21-10-12-22-44(42)55-48)35-24-25-41-40-20-11-13-23-45(40)56-46(41)31-35/h1-31H. The lowest BCUT2D eigenvalue weighted by Crippen LogP contribution is -2.01. The molecule has 56 heavy (non-hydrogen) atoms. The molecule has 0 radical (unpaired) electrons. The lowest BCUT2D eigenvalue weighted by atomic mass is 9.95. The predicted molar refractivity (Wildman–Crippen MR) is 233 cm³/mol. The number of aromatic nitrogens is 3. The molecule has 3 heterocycles. The zero-order chi connectivity index (χ0) is 37.0. The van der Waals surface area contributed by atoms with Crippen molar-refractivity contribution in [1.29, 1.82) is 0 Å². The molecule has 0 saturated carbocycles. The van der Waals surface area contributed by atoms with Crippen molar-refractivity contribution in [1.82, 2.24) is 15.0 Å². The molecular formula is C51H31N3OS. The van der Waals surface area contributed by atoms with Crippen LogP contribution in [-0.4, -0.2) is 15.0 Å². The van der Waals surface area contributed by atoms with Gasteiger partial charge in [0.25, 0.3) is 0 Å². The second-order valence-electron chi connectivity index (χ2n) is 14.0. The molecule has 0 N–H and O–H groups in total. The Morgan fingerprint density at radius 1 is 0.339 bits per heavy atom. The van der Waals surface area contributed by atoms with E-state index in [1.165, 1.54) is 20.2 Å². The van der Waals surface area contributed by atoms with Gasteiger partial charge in [0.2, 0.25) is 0 Å². The number of furan rings is 1. The Hall–Kier alpha value is -7.21. The zero-order valence-corrected chi connectivity index (χ0v) is 30.9. The van der Waals surface area contributed by atoms with Crippen LogP contribution in [0.15, 0.2) is 192 Å². The van der Waals surface area contributed by atoms with Gasteiger partial charge in [0.05, 0.1) is 0 Å². The van der Waals surface area contributed by atoms with E-state index in [1.807, 2.05) is 53.8 Å². The third kappa shape index (κ3) is 5.56. The molecule has 0 aliphatic carbocycles. The van der Waals surface area contributed by atoms with Crippen molar-refractivity contribution in [2.45, 2.75) is 0 Å². The summed E-state index contributed by atoms with van der Waals surface area (Å²) in [6.07, 6.45) is 0. The van der Waals surface area contributed by atoms with E-state index in [4.69, 9.17) is 19.4 Å². The number of fused-ring (bicyclic) bond motifs is 6. The molecule has 5 heteroatoms. The van der Waals surface area contributed by atoms with Gasteiger partial charge in [0, 0.05) is 53.2 Å². The number of benzene rings is 8. The van der Waals surface area contributed by atoms with Crippen LogP contribution in [0.1, 0.15) is 0 Å². The largest absolute Gasteiger partial charge is 0.455 e. The Kier molecular flexibility index (Phi) is 7.64. The normalized spacial score (nSPS) is 11.6. The molecule has 0 atom stereocenters. The minimum Gasteiger partial charge on any atom is -0.455 e. The fourth-order valence-corrected chi connectivity index (χ4v) is 8.97. The first kappa shape index (κ1) is 32.2. The van der Waals surface area contributed by atoms with Crippen molar-refractivity contribution >= 4 is 53.4 Å². The Bertz CT molecular complexity index is 3180. The zero-order valence-electron chi connectivity index (χ0n) is 30.1. The van der Waals surface area contributed by atoms with Crippen LogP contribution in [0.5, 0.6) is 0 Å². The van der Waals surface area contributed by atoms with E-state index in [9.17, 15) is 0 Å². The summed E-state index contributed by atoms with van der Waals surface area (Å²) < 4.78 is 9.30. The molecule has 3 aromatic heterocycles. The van der Waals surface area contributed by atoms with Gasteiger partial charge in [-0.1, -0.05) is 140 Å². The average Bonchev–Trinajstić information content (AvgIpc) is 3.85. The van der Waals surface area contributed by atoms with Crippen molar-refractivity contribution in [2.75, 3.05) is 0 Å². The number of thiophene rings is 1. The molecule has 0 fully saturated rings. The number of hydrogen-bond donors (Lipinski definition) is 0. The molecule has 0 spiro atoms. The summed E-state index contributed by atoms with van der Waals surface area (Å²) in [5.41, 5.74) is 10.9. The number of rotatable bonds is 6. The van der Waals surface area contributed by atoms with Crippen LogP contribution in [0.4, 0.5) is 0 Å². The molecule has 262 valence electrons.